The Morgan fingerprint density at radius 3 is 2.50 bits per heavy atom. The monoisotopic (exact) mass is 413 g/mol. The van der Waals surface area contributed by atoms with Gasteiger partial charge >= 0.3 is 0 Å². The maximum atomic E-state index is 14.7. The average molecular weight is 414 g/mol. The highest BCUT2D eigenvalue weighted by molar-refractivity contribution is 7.99. The Labute approximate surface area is 167 Å². The number of benzene rings is 1. The second kappa shape index (κ2) is 8.13. The maximum absolute atomic E-state index is 14.7. The van der Waals surface area contributed by atoms with Crippen LogP contribution in [0.1, 0.15) is 45.6 Å². The van der Waals surface area contributed by atoms with Crippen LogP contribution in [-0.4, -0.2) is 34.0 Å². The van der Waals surface area contributed by atoms with Crippen molar-refractivity contribution in [2.75, 3.05) is 5.75 Å². The Kier molecular flexibility index (Phi) is 6.17. The van der Waals surface area contributed by atoms with Crippen LogP contribution >= 0.6 is 11.8 Å². The molecule has 2 aliphatic rings. The van der Waals surface area contributed by atoms with E-state index in [4.69, 9.17) is 10.2 Å². The summed E-state index contributed by atoms with van der Waals surface area (Å²) in [6, 6.07) is 2.54. The number of halogens is 3. The molecule has 1 aliphatic heterocycles. The number of aliphatic hydroxyl groups is 2. The molecular weight excluding hydrogens is 387 g/mol. The van der Waals surface area contributed by atoms with Crippen LogP contribution in [0, 0.1) is 17.6 Å². The smallest absolute Gasteiger partial charge is 0.151 e. The van der Waals surface area contributed by atoms with Crippen LogP contribution in [0.3, 0.4) is 0 Å². The van der Waals surface area contributed by atoms with Gasteiger partial charge in [0.15, 0.2) is 6.29 Å². The van der Waals surface area contributed by atoms with E-state index in [1.807, 2.05) is 13.8 Å². The van der Waals surface area contributed by atoms with Crippen molar-refractivity contribution < 1.29 is 23.4 Å². The van der Waals surface area contributed by atoms with E-state index in [1.54, 1.807) is 13.0 Å². The van der Waals surface area contributed by atoms with Gasteiger partial charge in [-0.3, -0.25) is 0 Å². The zero-order chi connectivity index (χ0) is 20.6. The molecule has 1 heterocycles. The number of hydrogen-bond donors (Lipinski definition) is 3. The highest BCUT2D eigenvalue weighted by Crippen LogP contribution is 2.44. The molecule has 0 spiro atoms. The zero-order valence-corrected chi connectivity index (χ0v) is 17.0. The van der Waals surface area contributed by atoms with Gasteiger partial charge in [0.05, 0.1) is 4.90 Å². The summed E-state index contributed by atoms with van der Waals surface area (Å²) in [6.45, 7) is 5.75. The van der Waals surface area contributed by atoms with E-state index >= 15 is 0 Å². The van der Waals surface area contributed by atoms with Crippen molar-refractivity contribution in [1.29, 1.82) is 0 Å². The third-order valence-corrected chi connectivity index (χ3v) is 6.31. The first-order valence-corrected chi connectivity index (χ1v) is 10.4. The van der Waals surface area contributed by atoms with Crippen LogP contribution in [-0.2, 0) is 0 Å². The Bertz CT molecular complexity index is 797. The lowest BCUT2D eigenvalue weighted by atomic mass is 9.82. The van der Waals surface area contributed by atoms with E-state index in [1.165, 1.54) is 12.1 Å². The normalized spacial score (nSPS) is 23.7. The predicted molar refractivity (Wildman–Crippen MR) is 105 cm³/mol. The Hall–Kier alpha value is -1.44. The molecule has 28 heavy (non-hydrogen) atoms. The fourth-order valence-corrected chi connectivity index (χ4v) is 4.74. The lowest BCUT2D eigenvalue weighted by molar-refractivity contribution is -0.0451. The second-order valence-electron chi connectivity index (χ2n) is 8.14. The molecule has 2 atom stereocenters. The molecular formula is C21H26F3NO2S. The van der Waals surface area contributed by atoms with Gasteiger partial charge in [-0.15, -0.1) is 11.8 Å². The van der Waals surface area contributed by atoms with Crippen LogP contribution in [0.25, 0.3) is 5.57 Å². The lowest BCUT2D eigenvalue weighted by Gasteiger charge is -2.27. The molecule has 154 valence electrons. The van der Waals surface area contributed by atoms with E-state index in [9.17, 15) is 13.2 Å². The summed E-state index contributed by atoms with van der Waals surface area (Å²) < 4.78 is 43.9. The zero-order valence-electron chi connectivity index (χ0n) is 16.2. The van der Waals surface area contributed by atoms with Gasteiger partial charge in [-0.25, -0.2) is 13.2 Å². The summed E-state index contributed by atoms with van der Waals surface area (Å²) in [5.74, 6) is -1.52. The second-order valence-corrected chi connectivity index (χ2v) is 9.24. The summed E-state index contributed by atoms with van der Waals surface area (Å²) in [7, 11) is 0. The number of rotatable bonds is 6. The Morgan fingerprint density at radius 2 is 1.89 bits per heavy atom. The molecule has 7 heteroatoms. The summed E-state index contributed by atoms with van der Waals surface area (Å²) in [5, 5.41) is 21.1. The first-order chi connectivity index (χ1) is 13.1. The van der Waals surface area contributed by atoms with Crippen molar-refractivity contribution in [1.82, 2.24) is 5.32 Å². The molecule has 1 aromatic rings. The van der Waals surface area contributed by atoms with Crippen LogP contribution in [0.4, 0.5) is 13.2 Å². The third kappa shape index (κ3) is 4.42. The Morgan fingerprint density at radius 1 is 1.25 bits per heavy atom. The number of alkyl halides is 1. The predicted octanol–water partition coefficient (Wildman–Crippen LogP) is 4.55. The first kappa shape index (κ1) is 21.3. The molecule has 3 nitrogen and oxygen atoms in total. The van der Waals surface area contributed by atoms with E-state index in [-0.39, 0.29) is 16.9 Å². The highest BCUT2D eigenvalue weighted by atomic mass is 32.2. The molecule has 1 fully saturated rings. The number of hydrogen-bond acceptors (Lipinski definition) is 4. The van der Waals surface area contributed by atoms with Gasteiger partial charge in [0.1, 0.15) is 17.8 Å². The van der Waals surface area contributed by atoms with Gasteiger partial charge in [0, 0.05) is 17.2 Å². The Balaban J connectivity index is 1.92. The summed E-state index contributed by atoms with van der Waals surface area (Å²) in [4.78, 5) is -0.0995. The molecule has 1 saturated heterocycles. The fourth-order valence-electron chi connectivity index (χ4n) is 3.83. The number of allylic oxidation sites excluding steroid dienone is 3. The van der Waals surface area contributed by atoms with Gasteiger partial charge < -0.3 is 15.5 Å². The SMILES string of the molecule is CC1C(c2cc(F)c(SCCCC(O)O)c(F)c2)=C2NC(C)(C)CC2=CC1F. The van der Waals surface area contributed by atoms with Gasteiger partial charge in [0.25, 0.3) is 0 Å². The van der Waals surface area contributed by atoms with Crippen LogP contribution in [0.15, 0.2) is 34.4 Å². The lowest BCUT2D eigenvalue weighted by Crippen LogP contribution is -2.32. The summed E-state index contributed by atoms with van der Waals surface area (Å²) in [5.41, 5.74) is 2.36. The van der Waals surface area contributed by atoms with Gasteiger partial charge in [0.2, 0.25) is 0 Å². The minimum atomic E-state index is -1.42. The van der Waals surface area contributed by atoms with E-state index in [2.05, 4.69) is 5.32 Å². The summed E-state index contributed by atoms with van der Waals surface area (Å²) in [6.07, 6.45) is 0.224. The van der Waals surface area contributed by atoms with Crippen molar-refractivity contribution in [3.05, 3.63) is 46.7 Å². The van der Waals surface area contributed by atoms with Crippen LogP contribution < -0.4 is 5.32 Å². The molecule has 0 aromatic heterocycles. The molecule has 0 radical (unpaired) electrons. The van der Waals surface area contributed by atoms with Crippen molar-refractivity contribution in [2.45, 2.75) is 62.9 Å². The number of aliphatic hydroxyl groups excluding tert-OH is 1. The topological polar surface area (TPSA) is 52.5 Å². The highest BCUT2D eigenvalue weighted by Gasteiger charge is 2.38. The molecule has 1 aromatic carbocycles. The first-order valence-electron chi connectivity index (χ1n) is 9.45. The minimum absolute atomic E-state index is 0.0995. The van der Waals surface area contributed by atoms with Gasteiger partial charge in [-0.05, 0) is 73.8 Å². The largest absolute Gasteiger partial charge is 0.379 e. The van der Waals surface area contributed by atoms with Crippen molar-refractivity contribution in [2.24, 2.45) is 5.92 Å². The number of fused-ring (bicyclic) bond motifs is 1. The van der Waals surface area contributed by atoms with Crippen molar-refractivity contribution >= 4 is 17.3 Å². The average Bonchev–Trinajstić information content (AvgIpc) is 2.87. The van der Waals surface area contributed by atoms with Gasteiger partial charge in [-0.1, -0.05) is 6.92 Å². The minimum Gasteiger partial charge on any atom is -0.379 e. The molecule has 0 bridgehead atoms. The van der Waals surface area contributed by atoms with Crippen LogP contribution in [0.2, 0.25) is 0 Å². The van der Waals surface area contributed by atoms with Crippen molar-refractivity contribution in [3.8, 4) is 0 Å². The fraction of sp³-hybridized carbons (Fsp3) is 0.524. The molecule has 3 N–H and O–H groups in total. The van der Waals surface area contributed by atoms with Gasteiger partial charge in [-0.2, -0.15) is 0 Å². The summed E-state index contributed by atoms with van der Waals surface area (Å²) >= 11 is 1.00. The van der Waals surface area contributed by atoms with E-state index in [0.717, 1.165) is 23.0 Å². The molecule has 0 amide bonds. The van der Waals surface area contributed by atoms with Crippen molar-refractivity contribution in [3.63, 3.8) is 0 Å². The number of nitrogens with one attached hydrogen (secondary N) is 1. The van der Waals surface area contributed by atoms with E-state index < -0.39 is 30.0 Å². The molecule has 1 aliphatic carbocycles. The molecule has 3 rings (SSSR count). The maximum Gasteiger partial charge on any atom is 0.151 e. The molecule has 0 saturated carbocycles. The van der Waals surface area contributed by atoms with Crippen LogP contribution in [0.5, 0.6) is 0 Å². The third-order valence-electron chi connectivity index (χ3n) is 5.14. The quantitative estimate of drug-likeness (QED) is 0.364. The molecule has 2 unspecified atom stereocenters. The number of thioether (sulfide) groups is 1. The standard InChI is InChI=1S/C21H26F3NO2S/c1-11-14(22)9-13-10-21(2,3)25-19(13)18(11)12-7-15(23)20(16(24)8-12)28-6-4-5-17(26)27/h7-9,11,14,17,25-27H,4-6,10H2,1-3H3. The van der Waals surface area contributed by atoms with E-state index in [0.29, 0.717) is 29.7 Å².